The molecule has 0 N–H and O–H groups in total. The van der Waals surface area contributed by atoms with Crippen molar-refractivity contribution in [2.24, 2.45) is 0 Å². The van der Waals surface area contributed by atoms with Crippen LogP contribution in [-0.4, -0.2) is 33.0 Å². The van der Waals surface area contributed by atoms with Gasteiger partial charge in [0.05, 0.1) is 27.6 Å². The first-order valence-electron chi connectivity index (χ1n) is 6.86. The van der Waals surface area contributed by atoms with Gasteiger partial charge in [0, 0.05) is 12.1 Å². The minimum absolute atomic E-state index is 0.0611. The molecule has 8 nitrogen and oxygen atoms in total. The average molecular weight is 385 g/mol. The molecule has 0 amide bonds. The van der Waals surface area contributed by atoms with Crippen molar-refractivity contribution in [3.05, 3.63) is 63.7 Å². The second kappa shape index (κ2) is 7.49. The Labute approximate surface area is 148 Å². The minimum Gasteiger partial charge on any atom is -0.468 e. The van der Waals surface area contributed by atoms with Gasteiger partial charge < -0.3 is 4.74 Å². The largest absolute Gasteiger partial charge is 0.468 e. The number of non-ortho nitro benzene ring substituents is 1. The zero-order chi connectivity index (χ0) is 18.6. The predicted octanol–water partition coefficient (Wildman–Crippen LogP) is 2.62. The summed E-state index contributed by atoms with van der Waals surface area (Å²) in [6.07, 6.45) is 0. The number of ether oxygens (including phenoxy) is 1. The third-order valence-electron chi connectivity index (χ3n) is 3.24. The molecular formula is C15H13ClN2O6S. The highest BCUT2D eigenvalue weighted by Gasteiger charge is 2.30. The van der Waals surface area contributed by atoms with Gasteiger partial charge in [0.2, 0.25) is 0 Å². The average Bonchev–Trinajstić information content (AvgIpc) is 2.60. The van der Waals surface area contributed by atoms with Crippen molar-refractivity contribution in [3.63, 3.8) is 0 Å². The summed E-state index contributed by atoms with van der Waals surface area (Å²) in [6, 6.07) is 10.7. The summed E-state index contributed by atoms with van der Waals surface area (Å²) in [5, 5.41) is 10.9. The standard InChI is InChI=1S/C15H13ClN2O6S/c1-24-15(19)10-17(25(22,23)12-5-3-2-4-6-12)14-9-11(18(20)21)7-8-13(14)16/h2-9H,10H2,1H3. The summed E-state index contributed by atoms with van der Waals surface area (Å²) in [7, 11) is -3.10. The minimum atomic E-state index is -4.20. The van der Waals surface area contributed by atoms with E-state index in [-0.39, 0.29) is 21.3 Å². The van der Waals surface area contributed by atoms with E-state index in [1.54, 1.807) is 6.07 Å². The zero-order valence-corrected chi connectivity index (χ0v) is 14.5. The van der Waals surface area contributed by atoms with Crippen LogP contribution in [0.4, 0.5) is 11.4 Å². The van der Waals surface area contributed by atoms with Crippen molar-refractivity contribution in [3.8, 4) is 0 Å². The van der Waals surface area contributed by atoms with Crippen molar-refractivity contribution in [1.29, 1.82) is 0 Å². The molecule has 0 saturated heterocycles. The number of carbonyl (C=O) groups is 1. The number of nitrogens with zero attached hydrogens (tertiary/aromatic N) is 2. The Kier molecular flexibility index (Phi) is 5.60. The summed E-state index contributed by atoms with van der Waals surface area (Å²) in [4.78, 5) is 21.9. The molecule has 0 aliphatic carbocycles. The molecule has 0 saturated carbocycles. The topological polar surface area (TPSA) is 107 Å². The van der Waals surface area contributed by atoms with Crippen LogP contribution in [-0.2, 0) is 19.6 Å². The Morgan fingerprint density at radius 1 is 1.24 bits per heavy atom. The number of hydrogen-bond donors (Lipinski definition) is 0. The number of benzene rings is 2. The molecule has 25 heavy (non-hydrogen) atoms. The van der Waals surface area contributed by atoms with E-state index in [4.69, 9.17) is 11.6 Å². The fourth-order valence-electron chi connectivity index (χ4n) is 2.01. The maximum atomic E-state index is 12.9. The molecule has 0 unspecified atom stereocenters. The Hall–Kier alpha value is -2.65. The summed E-state index contributed by atoms with van der Waals surface area (Å²) < 4.78 is 31.0. The molecule has 0 spiro atoms. The van der Waals surface area contributed by atoms with Gasteiger partial charge in [-0.25, -0.2) is 8.42 Å². The lowest BCUT2D eigenvalue weighted by Gasteiger charge is -2.24. The van der Waals surface area contributed by atoms with E-state index >= 15 is 0 Å². The maximum Gasteiger partial charge on any atom is 0.326 e. The number of sulfonamides is 1. The van der Waals surface area contributed by atoms with E-state index in [2.05, 4.69) is 4.74 Å². The Bertz CT molecular complexity index is 901. The molecule has 0 aliphatic rings. The molecule has 132 valence electrons. The summed E-state index contributed by atoms with van der Waals surface area (Å²) in [6.45, 7) is -0.686. The first kappa shape index (κ1) is 18.7. The van der Waals surface area contributed by atoms with E-state index in [0.29, 0.717) is 4.31 Å². The van der Waals surface area contributed by atoms with Gasteiger partial charge in [-0.05, 0) is 18.2 Å². The molecule has 2 aromatic rings. The third-order valence-corrected chi connectivity index (χ3v) is 5.33. The van der Waals surface area contributed by atoms with Crippen LogP contribution in [0.5, 0.6) is 0 Å². The maximum absolute atomic E-state index is 12.9. The van der Waals surface area contributed by atoms with Gasteiger partial charge in [0.15, 0.2) is 0 Å². The van der Waals surface area contributed by atoms with Crippen molar-refractivity contribution in [1.82, 2.24) is 0 Å². The molecule has 0 aromatic heterocycles. The molecule has 2 rings (SSSR count). The SMILES string of the molecule is COC(=O)CN(c1cc([N+](=O)[O-])ccc1Cl)S(=O)(=O)c1ccccc1. The van der Waals surface area contributed by atoms with Crippen LogP contribution in [0.2, 0.25) is 5.02 Å². The first-order chi connectivity index (χ1) is 11.8. The summed E-state index contributed by atoms with van der Waals surface area (Å²) in [5.74, 6) is -0.845. The highest BCUT2D eigenvalue weighted by Crippen LogP contribution is 2.33. The van der Waals surface area contributed by atoms with Crippen LogP contribution in [0.25, 0.3) is 0 Å². The highest BCUT2D eigenvalue weighted by atomic mass is 35.5. The van der Waals surface area contributed by atoms with Gasteiger partial charge in [0.1, 0.15) is 6.54 Å². The van der Waals surface area contributed by atoms with E-state index in [9.17, 15) is 23.3 Å². The smallest absolute Gasteiger partial charge is 0.326 e. The number of rotatable bonds is 6. The summed E-state index contributed by atoms with van der Waals surface area (Å²) >= 11 is 6.03. The number of nitro groups is 1. The van der Waals surface area contributed by atoms with Crippen LogP contribution >= 0.6 is 11.6 Å². The van der Waals surface area contributed by atoms with E-state index in [1.165, 1.54) is 30.3 Å². The molecule has 0 radical (unpaired) electrons. The van der Waals surface area contributed by atoms with E-state index in [0.717, 1.165) is 19.2 Å². The van der Waals surface area contributed by atoms with Gasteiger partial charge in [-0.3, -0.25) is 19.2 Å². The van der Waals surface area contributed by atoms with Crippen molar-refractivity contribution in [2.75, 3.05) is 18.0 Å². The lowest BCUT2D eigenvalue weighted by Crippen LogP contribution is -2.36. The number of carbonyl (C=O) groups excluding carboxylic acids is 1. The fourth-order valence-corrected chi connectivity index (χ4v) is 3.72. The van der Waals surface area contributed by atoms with Gasteiger partial charge in [0.25, 0.3) is 15.7 Å². The second-order valence-corrected chi connectivity index (χ2v) is 7.06. The Balaban J connectivity index is 2.64. The quantitative estimate of drug-likeness (QED) is 0.430. The highest BCUT2D eigenvalue weighted by molar-refractivity contribution is 7.92. The molecule has 0 bridgehead atoms. The predicted molar refractivity (Wildman–Crippen MR) is 91.1 cm³/mol. The zero-order valence-electron chi connectivity index (χ0n) is 13.0. The Morgan fingerprint density at radius 2 is 1.88 bits per heavy atom. The number of halogens is 1. The number of esters is 1. The molecule has 10 heteroatoms. The second-order valence-electron chi connectivity index (χ2n) is 4.79. The lowest BCUT2D eigenvalue weighted by atomic mass is 10.3. The third kappa shape index (κ3) is 4.06. The van der Waals surface area contributed by atoms with Crippen molar-refractivity contribution >= 4 is 39.0 Å². The number of anilines is 1. The fraction of sp³-hybridized carbons (Fsp3) is 0.133. The van der Waals surface area contributed by atoms with Gasteiger partial charge in [-0.2, -0.15) is 0 Å². The normalized spacial score (nSPS) is 11.0. The van der Waals surface area contributed by atoms with Crippen LogP contribution in [0.1, 0.15) is 0 Å². The van der Waals surface area contributed by atoms with E-state index < -0.39 is 27.5 Å². The molecule has 0 fully saturated rings. The monoisotopic (exact) mass is 384 g/mol. The van der Waals surface area contributed by atoms with Gasteiger partial charge >= 0.3 is 5.97 Å². The van der Waals surface area contributed by atoms with E-state index in [1.807, 2.05) is 0 Å². The molecule has 2 aromatic carbocycles. The van der Waals surface area contributed by atoms with Crippen molar-refractivity contribution < 1.29 is 22.9 Å². The lowest BCUT2D eigenvalue weighted by molar-refractivity contribution is -0.384. The van der Waals surface area contributed by atoms with Crippen molar-refractivity contribution in [2.45, 2.75) is 4.90 Å². The molecule has 0 heterocycles. The molecular weight excluding hydrogens is 372 g/mol. The first-order valence-corrected chi connectivity index (χ1v) is 8.67. The van der Waals surface area contributed by atoms with Crippen LogP contribution in [0.3, 0.4) is 0 Å². The molecule has 0 atom stereocenters. The Morgan fingerprint density at radius 3 is 2.44 bits per heavy atom. The van der Waals surface area contributed by atoms with Gasteiger partial charge in [-0.1, -0.05) is 29.8 Å². The molecule has 0 aliphatic heterocycles. The summed E-state index contributed by atoms with van der Waals surface area (Å²) in [5.41, 5.74) is -0.553. The van der Waals surface area contributed by atoms with Crippen LogP contribution in [0.15, 0.2) is 53.4 Å². The van der Waals surface area contributed by atoms with Gasteiger partial charge in [-0.15, -0.1) is 0 Å². The number of hydrogen-bond acceptors (Lipinski definition) is 6. The van der Waals surface area contributed by atoms with Crippen LogP contribution < -0.4 is 4.31 Å². The number of nitro benzene ring substituents is 1. The van der Waals surface area contributed by atoms with Crippen LogP contribution in [0, 0.1) is 10.1 Å². The number of methoxy groups -OCH3 is 1.